The second-order valence-corrected chi connectivity index (χ2v) is 6.19. The normalized spacial score (nSPS) is 13.7. The highest BCUT2D eigenvalue weighted by Crippen LogP contribution is 2.27. The Morgan fingerprint density at radius 2 is 1.43 bits per heavy atom. The van der Waals surface area contributed by atoms with Crippen LogP contribution in [-0.4, -0.2) is 48.8 Å². The molecule has 12 nitrogen and oxygen atoms in total. The molecule has 0 fully saturated rings. The van der Waals surface area contributed by atoms with Crippen molar-refractivity contribution in [3.8, 4) is 0 Å². The minimum absolute atomic E-state index is 0.0475. The molecule has 0 spiro atoms. The molecule has 0 radical (unpaired) electrons. The number of carbonyl (C=O) groups is 2. The van der Waals surface area contributed by atoms with Gasteiger partial charge in [0.25, 0.3) is 11.4 Å². The summed E-state index contributed by atoms with van der Waals surface area (Å²) in [6.07, 6.45) is -3.64. The molecule has 0 aromatic heterocycles. The molecule has 0 aliphatic heterocycles. The minimum Gasteiger partial charge on any atom is -0.479 e. The van der Waals surface area contributed by atoms with E-state index in [0.717, 1.165) is 12.1 Å². The Kier molecular flexibility index (Phi) is 6.77. The quantitative estimate of drug-likeness (QED) is 0.299. The lowest BCUT2D eigenvalue weighted by Gasteiger charge is -2.28. The summed E-state index contributed by atoms with van der Waals surface area (Å²) in [6, 6.07) is 10.2. The minimum atomic E-state index is -3.10. The van der Waals surface area contributed by atoms with Gasteiger partial charge in [-0.15, -0.1) is 0 Å². The molecule has 0 aliphatic carbocycles. The van der Waals surface area contributed by atoms with Gasteiger partial charge in [0.1, 0.15) is 6.61 Å². The van der Waals surface area contributed by atoms with Crippen molar-refractivity contribution in [1.29, 1.82) is 0 Å². The van der Waals surface area contributed by atoms with Gasteiger partial charge in [0.2, 0.25) is 5.60 Å². The van der Waals surface area contributed by atoms with Crippen molar-refractivity contribution in [1.82, 2.24) is 0 Å². The summed E-state index contributed by atoms with van der Waals surface area (Å²) in [6.45, 7) is -0.707. The van der Waals surface area contributed by atoms with Crippen LogP contribution in [0.2, 0.25) is 0 Å². The Bertz CT molecular complexity index is 992. The van der Waals surface area contributed by atoms with Crippen molar-refractivity contribution in [3.05, 3.63) is 79.9 Å². The van der Waals surface area contributed by atoms with Crippen LogP contribution < -0.4 is 0 Å². The Hall–Kier alpha value is -3.90. The summed E-state index contributed by atoms with van der Waals surface area (Å²) in [5, 5.41) is 51.9. The zero-order chi connectivity index (χ0) is 22.5. The van der Waals surface area contributed by atoms with Crippen LogP contribution in [0.25, 0.3) is 0 Å². The van der Waals surface area contributed by atoms with Gasteiger partial charge in [0, 0.05) is 24.1 Å². The van der Waals surface area contributed by atoms with E-state index in [2.05, 4.69) is 0 Å². The fourth-order valence-corrected chi connectivity index (χ4v) is 2.69. The molecular formula is C18H16N2O10. The highest BCUT2D eigenvalue weighted by Gasteiger charge is 2.50. The average Bonchev–Trinajstić information content (AvgIpc) is 2.71. The SMILES string of the molecule is O=C(O)C(O)C(O)(Cc1ccccc1[N+](=O)[O-])C(=O)OCc1ccccc1[N+](=O)[O-]. The summed E-state index contributed by atoms with van der Waals surface area (Å²) >= 11 is 0. The van der Waals surface area contributed by atoms with Gasteiger partial charge in [0.05, 0.1) is 15.4 Å². The van der Waals surface area contributed by atoms with Gasteiger partial charge in [-0.2, -0.15) is 0 Å². The summed E-state index contributed by atoms with van der Waals surface area (Å²) in [5.41, 5.74) is -4.27. The molecule has 3 N–H and O–H groups in total. The van der Waals surface area contributed by atoms with Gasteiger partial charge in [0.15, 0.2) is 6.10 Å². The van der Waals surface area contributed by atoms with E-state index in [1.165, 1.54) is 36.4 Å². The number of carbonyl (C=O) groups excluding carboxylic acids is 1. The number of carboxylic acids is 1. The zero-order valence-corrected chi connectivity index (χ0v) is 15.2. The fraction of sp³-hybridized carbons (Fsp3) is 0.222. The molecule has 0 saturated carbocycles. The molecule has 2 rings (SSSR count). The Balaban J connectivity index is 2.35. The highest BCUT2D eigenvalue weighted by molar-refractivity contribution is 5.88. The first kappa shape index (κ1) is 22.4. The van der Waals surface area contributed by atoms with Gasteiger partial charge in [-0.25, -0.2) is 9.59 Å². The molecule has 2 aromatic carbocycles. The number of nitro groups is 2. The summed E-state index contributed by atoms with van der Waals surface area (Å²) < 4.78 is 4.84. The Morgan fingerprint density at radius 3 is 1.93 bits per heavy atom. The maximum atomic E-state index is 12.5. The van der Waals surface area contributed by atoms with Crippen LogP contribution >= 0.6 is 0 Å². The average molecular weight is 420 g/mol. The van der Waals surface area contributed by atoms with Crippen LogP contribution in [0.3, 0.4) is 0 Å². The van der Waals surface area contributed by atoms with Crippen molar-refractivity contribution < 1.29 is 39.5 Å². The van der Waals surface area contributed by atoms with E-state index in [1.54, 1.807) is 0 Å². The van der Waals surface area contributed by atoms with Crippen molar-refractivity contribution >= 4 is 23.3 Å². The maximum absolute atomic E-state index is 12.5. The smallest absolute Gasteiger partial charge is 0.342 e. The maximum Gasteiger partial charge on any atom is 0.342 e. The second kappa shape index (κ2) is 9.07. The number of benzene rings is 2. The Morgan fingerprint density at radius 1 is 0.967 bits per heavy atom. The first-order chi connectivity index (χ1) is 14.1. The van der Waals surface area contributed by atoms with Crippen LogP contribution in [0.5, 0.6) is 0 Å². The van der Waals surface area contributed by atoms with Gasteiger partial charge in [-0.1, -0.05) is 30.3 Å². The fourth-order valence-electron chi connectivity index (χ4n) is 2.69. The van der Waals surface area contributed by atoms with E-state index in [9.17, 15) is 40.0 Å². The number of carboxylic acid groups (broad SMARTS) is 1. The molecule has 2 unspecified atom stereocenters. The van der Waals surface area contributed by atoms with Crippen LogP contribution in [0, 0.1) is 20.2 Å². The number of aliphatic hydroxyl groups is 2. The first-order valence-corrected chi connectivity index (χ1v) is 8.33. The highest BCUT2D eigenvalue weighted by atomic mass is 16.6. The third-order valence-electron chi connectivity index (χ3n) is 4.24. The molecule has 0 aliphatic rings. The number of ether oxygens (including phenoxy) is 1. The summed E-state index contributed by atoms with van der Waals surface area (Å²) in [4.78, 5) is 44.4. The van der Waals surface area contributed by atoms with E-state index >= 15 is 0 Å². The molecule has 158 valence electrons. The largest absolute Gasteiger partial charge is 0.479 e. The number of nitrogens with zero attached hydrogens (tertiary/aromatic N) is 2. The number of aliphatic carboxylic acids is 1. The molecule has 30 heavy (non-hydrogen) atoms. The van der Waals surface area contributed by atoms with Crippen LogP contribution in [0.1, 0.15) is 11.1 Å². The molecule has 2 aromatic rings. The predicted molar refractivity (Wildman–Crippen MR) is 98.3 cm³/mol. The van der Waals surface area contributed by atoms with Gasteiger partial charge in [-0.05, 0) is 6.07 Å². The van der Waals surface area contributed by atoms with E-state index in [1.807, 2.05) is 0 Å². The van der Waals surface area contributed by atoms with E-state index in [4.69, 9.17) is 9.84 Å². The molecule has 0 bridgehead atoms. The topological polar surface area (TPSA) is 190 Å². The number of hydrogen-bond donors (Lipinski definition) is 3. The lowest BCUT2D eigenvalue weighted by Crippen LogP contribution is -2.55. The van der Waals surface area contributed by atoms with Crippen molar-refractivity contribution in [3.63, 3.8) is 0 Å². The molecule has 0 saturated heterocycles. The number of rotatable bonds is 9. The molecular weight excluding hydrogens is 404 g/mol. The molecule has 12 heteroatoms. The Labute approximate surface area is 168 Å². The summed E-state index contributed by atoms with van der Waals surface area (Å²) in [7, 11) is 0. The van der Waals surface area contributed by atoms with E-state index in [0.29, 0.717) is 0 Å². The van der Waals surface area contributed by atoms with Crippen molar-refractivity contribution in [2.45, 2.75) is 24.7 Å². The molecule has 0 amide bonds. The molecule has 0 heterocycles. The number of para-hydroxylation sites is 2. The number of aliphatic hydroxyl groups excluding tert-OH is 1. The third kappa shape index (κ3) is 4.74. The van der Waals surface area contributed by atoms with Gasteiger partial charge < -0.3 is 20.1 Å². The van der Waals surface area contributed by atoms with Crippen LogP contribution in [0.4, 0.5) is 11.4 Å². The van der Waals surface area contributed by atoms with Gasteiger partial charge >= 0.3 is 11.9 Å². The van der Waals surface area contributed by atoms with Crippen molar-refractivity contribution in [2.75, 3.05) is 0 Å². The summed E-state index contributed by atoms with van der Waals surface area (Å²) in [5.74, 6) is -3.59. The lowest BCUT2D eigenvalue weighted by molar-refractivity contribution is -0.385. The first-order valence-electron chi connectivity index (χ1n) is 8.33. The molecule has 2 atom stereocenters. The number of nitro benzene ring substituents is 2. The third-order valence-corrected chi connectivity index (χ3v) is 4.24. The standard InChI is InChI=1S/C18H16N2O10/c21-15(16(22)23)18(25,9-11-5-1-3-7-13(11)19(26)27)17(24)30-10-12-6-2-4-8-14(12)20(28)29/h1-8,15,21,25H,9-10H2,(H,22,23). The number of hydrogen-bond acceptors (Lipinski definition) is 9. The van der Waals surface area contributed by atoms with Gasteiger partial charge in [-0.3, -0.25) is 20.2 Å². The predicted octanol–water partition coefficient (Wildman–Crippen LogP) is 0.965. The van der Waals surface area contributed by atoms with Crippen LogP contribution in [0.15, 0.2) is 48.5 Å². The van der Waals surface area contributed by atoms with E-state index in [-0.39, 0.29) is 16.8 Å². The van der Waals surface area contributed by atoms with Crippen LogP contribution in [-0.2, 0) is 27.4 Å². The second-order valence-electron chi connectivity index (χ2n) is 6.19. The van der Waals surface area contributed by atoms with Crippen molar-refractivity contribution in [2.24, 2.45) is 0 Å². The lowest BCUT2D eigenvalue weighted by atomic mass is 9.88. The zero-order valence-electron chi connectivity index (χ0n) is 15.2. The van der Waals surface area contributed by atoms with E-state index < -0.39 is 52.2 Å². The number of esters is 1. The monoisotopic (exact) mass is 420 g/mol.